The van der Waals surface area contributed by atoms with Crippen molar-refractivity contribution < 1.29 is 0 Å². The molecule has 0 N–H and O–H groups in total. The monoisotopic (exact) mass is 929 g/mol. The van der Waals surface area contributed by atoms with Gasteiger partial charge in [-0.15, -0.1) is 0 Å². The van der Waals surface area contributed by atoms with Crippen molar-refractivity contribution in [1.82, 2.24) is 0 Å². The zero-order valence-corrected chi connectivity index (χ0v) is 37.7. The zero-order valence-electron chi connectivity index (χ0n) is 32.0. The number of hydrogen-bond acceptors (Lipinski definition) is 1. The van der Waals surface area contributed by atoms with Crippen LogP contribution in [0, 0.1) is 0 Å². The summed E-state index contributed by atoms with van der Waals surface area (Å²) in [7, 11) is 0. The van der Waals surface area contributed by atoms with Gasteiger partial charge in [0, 0.05) is 0 Å². The van der Waals surface area contributed by atoms with Crippen molar-refractivity contribution in [2.75, 3.05) is 4.90 Å². The number of benzene rings is 9. The molecule has 0 radical (unpaired) electrons. The van der Waals surface area contributed by atoms with Crippen LogP contribution in [0.25, 0.3) is 0 Å². The van der Waals surface area contributed by atoms with Crippen molar-refractivity contribution in [3.63, 3.8) is 0 Å². The summed E-state index contributed by atoms with van der Waals surface area (Å²) in [6, 6.07) is 95.1. The molecule has 0 saturated heterocycles. The van der Waals surface area contributed by atoms with E-state index in [1.807, 2.05) is 0 Å². The summed E-state index contributed by atoms with van der Waals surface area (Å²) in [5.74, 6) is 0. The third kappa shape index (κ3) is 8.51. The standard InChI is InChI=1S/C54H42As3N/c1-7-22-43(23-8-1)55(44-24-9-2-10-25-44)49-34-19-37-52(40-49)58(53-38-20-35-50(41-53)56(45-26-11-3-12-27-45)46-28-13-4-14-29-46)54-39-21-36-51(42-54)57(47-30-15-5-16-31-47)48-32-17-6-18-33-48/h1-42H. The van der Waals surface area contributed by atoms with Crippen LogP contribution < -0.4 is 44.1 Å². The van der Waals surface area contributed by atoms with Crippen LogP contribution in [-0.2, 0) is 0 Å². The van der Waals surface area contributed by atoms with Crippen molar-refractivity contribution in [3.8, 4) is 0 Å². The van der Waals surface area contributed by atoms with Gasteiger partial charge in [0.15, 0.2) is 0 Å². The molecule has 9 aromatic rings. The molecule has 0 fully saturated rings. The molecule has 0 aromatic heterocycles. The Morgan fingerprint density at radius 1 is 0.190 bits per heavy atom. The number of hydrogen-bond donors (Lipinski definition) is 0. The maximum absolute atomic E-state index is 2.52. The zero-order chi connectivity index (χ0) is 38.9. The van der Waals surface area contributed by atoms with Crippen LogP contribution in [0.3, 0.4) is 0 Å². The van der Waals surface area contributed by atoms with Crippen LogP contribution in [0.1, 0.15) is 0 Å². The summed E-state index contributed by atoms with van der Waals surface area (Å²) in [6.45, 7) is 0. The second-order valence-corrected chi connectivity index (χ2v) is 27.9. The number of rotatable bonds is 12. The van der Waals surface area contributed by atoms with Gasteiger partial charge in [-0.3, -0.25) is 0 Å². The second kappa shape index (κ2) is 18.4. The predicted molar refractivity (Wildman–Crippen MR) is 254 cm³/mol. The maximum atomic E-state index is 2.52. The average molecular weight is 930 g/mol. The molecule has 0 atom stereocenters. The molecule has 1 nitrogen and oxygen atoms in total. The Hall–Kier alpha value is -5.54. The van der Waals surface area contributed by atoms with Gasteiger partial charge >= 0.3 is 360 Å². The molecule has 278 valence electrons. The van der Waals surface area contributed by atoms with Gasteiger partial charge in [-0.05, 0) is 0 Å². The van der Waals surface area contributed by atoms with E-state index in [2.05, 4.69) is 260 Å². The molecule has 0 unspecified atom stereocenters. The van der Waals surface area contributed by atoms with E-state index in [0.717, 1.165) is 0 Å². The third-order valence-electron chi connectivity index (χ3n) is 10.1. The first kappa shape index (κ1) is 38.0. The summed E-state index contributed by atoms with van der Waals surface area (Å²) >= 11 is -5.67. The molecule has 0 spiro atoms. The Kier molecular flexibility index (Phi) is 12.0. The van der Waals surface area contributed by atoms with Crippen molar-refractivity contribution >= 4 is 100 Å². The van der Waals surface area contributed by atoms with E-state index in [-0.39, 0.29) is 0 Å². The van der Waals surface area contributed by atoms with Crippen LogP contribution in [0.2, 0.25) is 0 Å². The van der Waals surface area contributed by atoms with Crippen LogP contribution in [-0.4, -0.2) is 44.0 Å². The number of nitrogens with zero attached hydrogens (tertiary/aromatic N) is 1. The van der Waals surface area contributed by atoms with Gasteiger partial charge in [0.05, 0.1) is 0 Å². The van der Waals surface area contributed by atoms with E-state index in [1.54, 1.807) is 0 Å². The van der Waals surface area contributed by atoms with Gasteiger partial charge < -0.3 is 0 Å². The summed E-state index contributed by atoms with van der Waals surface area (Å²) in [6.07, 6.45) is 0. The van der Waals surface area contributed by atoms with E-state index < -0.39 is 44.0 Å². The fourth-order valence-corrected chi connectivity index (χ4v) is 22.2. The van der Waals surface area contributed by atoms with Crippen LogP contribution in [0.15, 0.2) is 255 Å². The Bertz CT molecular complexity index is 2260. The SMILES string of the molecule is c1ccc([As](c2ccccc2)c2cccc(N(c3cccc([As](c4ccccc4)c4ccccc4)c3)c3cccc([As](c4ccccc4)c4ccccc4)c3)c2)cc1. The second-order valence-electron chi connectivity index (χ2n) is 13.9. The quantitative estimate of drug-likeness (QED) is 0.124. The Balaban J connectivity index is 1.23. The van der Waals surface area contributed by atoms with E-state index >= 15 is 0 Å². The molecule has 0 aliphatic carbocycles. The topological polar surface area (TPSA) is 3.24 Å². The van der Waals surface area contributed by atoms with E-state index in [9.17, 15) is 0 Å². The van der Waals surface area contributed by atoms with Crippen molar-refractivity contribution in [2.24, 2.45) is 0 Å². The molecule has 0 heterocycles. The molecule has 0 aliphatic rings. The fraction of sp³-hybridized carbons (Fsp3) is 0. The molecule has 9 rings (SSSR count). The molecule has 4 heteroatoms. The average Bonchev–Trinajstić information content (AvgIpc) is 3.30. The van der Waals surface area contributed by atoms with E-state index in [4.69, 9.17) is 0 Å². The third-order valence-corrected chi connectivity index (χ3v) is 25.4. The Labute approximate surface area is 357 Å². The van der Waals surface area contributed by atoms with Crippen LogP contribution >= 0.6 is 0 Å². The Morgan fingerprint density at radius 3 is 0.586 bits per heavy atom. The first-order chi connectivity index (χ1) is 28.8. The molecular weight excluding hydrogens is 887 g/mol. The van der Waals surface area contributed by atoms with Gasteiger partial charge in [-0.2, -0.15) is 0 Å². The molecule has 0 aliphatic heterocycles. The molecule has 0 saturated carbocycles. The van der Waals surface area contributed by atoms with Gasteiger partial charge in [0.2, 0.25) is 0 Å². The van der Waals surface area contributed by atoms with Crippen molar-refractivity contribution in [2.45, 2.75) is 0 Å². The van der Waals surface area contributed by atoms with E-state index in [1.165, 1.54) is 56.2 Å². The van der Waals surface area contributed by atoms with Gasteiger partial charge in [0.25, 0.3) is 0 Å². The van der Waals surface area contributed by atoms with Crippen LogP contribution in [0.5, 0.6) is 0 Å². The summed E-state index contributed by atoms with van der Waals surface area (Å²) in [5, 5.41) is 0. The minimum absolute atomic E-state index is 1.18. The first-order valence-electron chi connectivity index (χ1n) is 19.6. The fourth-order valence-electron chi connectivity index (χ4n) is 7.56. The van der Waals surface area contributed by atoms with Gasteiger partial charge in [-0.25, -0.2) is 0 Å². The predicted octanol–water partition coefficient (Wildman–Crippen LogP) is 6.71. The molecular formula is C54H42As3N. The first-order valence-corrected chi connectivity index (χ1v) is 28.1. The summed E-state index contributed by atoms with van der Waals surface area (Å²) in [4.78, 5) is 2.52. The minimum atomic E-state index is -1.89. The Morgan fingerprint density at radius 2 is 0.379 bits per heavy atom. The van der Waals surface area contributed by atoms with Crippen molar-refractivity contribution in [1.29, 1.82) is 0 Å². The van der Waals surface area contributed by atoms with Crippen molar-refractivity contribution in [3.05, 3.63) is 255 Å². The number of anilines is 3. The van der Waals surface area contributed by atoms with Gasteiger partial charge in [-0.1, -0.05) is 0 Å². The van der Waals surface area contributed by atoms with Crippen LogP contribution in [0.4, 0.5) is 17.1 Å². The summed E-state index contributed by atoms with van der Waals surface area (Å²) < 4.78 is 12.8. The summed E-state index contributed by atoms with van der Waals surface area (Å²) in [5.41, 5.74) is 3.53. The molecule has 0 bridgehead atoms. The van der Waals surface area contributed by atoms with Gasteiger partial charge in [0.1, 0.15) is 0 Å². The normalized spacial score (nSPS) is 11.2. The molecule has 58 heavy (non-hydrogen) atoms. The molecule has 0 amide bonds. The molecule has 9 aromatic carbocycles. The van der Waals surface area contributed by atoms with E-state index in [0.29, 0.717) is 0 Å².